The number of rotatable bonds is 7. The van der Waals surface area contributed by atoms with E-state index in [-0.39, 0.29) is 42.1 Å². The molecule has 0 heterocycles. The van der Waals surface area contributed by atoms with Crippen molar-refractivity contribution in [2.75, 3.05) is 20.2 Å². The van der Waals surface area contributed by atoms with Gasteiger partial charge in [-0.15, -0.1) is 12.4 Å². The SMILES string of the molecule is CCOC(=O)c1cc(Br)cc(S(=O)(=O)NCC(C)NC)c1.Cl. The van der Waals surface area contributed by atoms with Crippen LogP contribution in [0.3, 0.4) is 0 Å². The number of hydrogen-bond donors (Lipinski definition) is 2. The number of esters is 1. The molecule has 0 aliphatic heterocycles. The molecule has 2 N–H and O–H groups in total. The molecule has 6 nitrogen and oxygen atoms in total. The highest BCUT2D eigenvalue weighted by Crippen LogP contribution is 2.20. The molecule has 0 saturated carbocycles. The van der Waals surface area contributed by atoms with E-state index in [4.69, 9.17) is 4.74 Å². The van der Waals surface area contributed by atoms with Gasteiger partial charge in [0.25, 0.3) is 0 Å². The molecule has 0 fully saturated rings. The normalized spacial score (nSPS) is 12.4. The van der Waals surface area contributed by atoms with Crippen LogP contribution in [-0.2, 0) is 14.8 Å². The minimum atomic E-state index is -3.69. The standard InChI is InChI=1S/C13H19BrN2O4S.ClH/c1-4-20-13(17)10-5-11(14)7-12(6-10)21(18,19)16-8-9(2)15-3;/h5-7,9,15-16H,4,8H2,1-3H3;1H. The first-order chi connectivity index (χ1) is 9.80. The lowest BCUT2D eigenvalue weighted by Crippen LogP contribution is -2.37. The number of carbonyl (C=O) groups excluding carboxylic acids is 1. The third kappa shape index (κ3) is 6.21. The lowest BCUT2D eigenvalue weighted by Gasteiger charge is -2.13. The molecule has 1 unspecified atom stereocenters. The van der Waals surface area contributed by atoms with Gasteiger partial charge in [0.15, 0.2) is 0 Å². The van der Waals surface area contributed by atoms with Crippen molar-refractivity contribution in [2.24, 2.45) is 0 Å². The molecule has 1 aromatic carbocycles. The van der Waals surface area contributed by atoms with Gasteiger partial charge in [0.2, 0.25) is 10.0 Å². The molecular formula is C13H20BrClN2O4S. The maximum Gasteiger partial charge on any atom is 0.338 e. The predicted octanol–water partition coefficient (Wildman–Crippen LogP) is 1.93. The Labute approximate surface area is 145 Å². The highest BCUT2D eigenvalue weighted by atomic mass is 79.9. The van der Waals surface area contributed by atoms with Crippen molar-refractivity contribution in [3.8, 4) is 0 Å². The molecule has 0 bridgehead atoms. The van der Waals surface area contributed by atoms with Crippen molar-refractivity contribution in [3.63, 3.8) is 0 Å². The van der Waals surface area contributed by atoms with Crippen LogP contribution in [0.25, 0.3) is 0 Å². The molecule has 1 atom stereocenters. The van der Waals surface area contributed by atoms with Crippen molar-refractivity contribution < 1.29 is 17.9 Å². The first-order valence-electron chi connectivity index (χ1n) is 6.44. The van der Waals surface area contributed by atoms with Crippen molar-refractivity contribution in [1.82, 2.24) is 10.0 Å². The average molecular weight is 416 g/mol. The quantitative estimate of drug-likeness (QED) is 0.665. The molecule has 0 radical (unpaired) electrons. The number of ether oxygens (including phenoxy) is 1. The third-order valence-corrected chi connectivity index (χ3v) is 4.63. The van der Waals surface area contributed by atoms with Gasteiger partial charge < -0.3 is 10.1 Å². The zero-order valence-electron chi connectivity index (χ0n) is 12.6. The Kier molecular flexibility index (Phi) is 9.18. The average Bonchev–Trinajstić information content (AvgIpc) is 2.44. The summed E-state index contributed by atoms with van der Waals surface area (Å²) in [6.07, 6.45) is 0. The monoisotopic (exact) mass is 414 g/mol. The zero-order chi connectivity index (χ0) is 16.0. The Morgan fingerprint density at radius 2 is 2.00 bits per heavy atom. The Hall–Kier alpha value is -0.670. The van der Waals surface area contributed by atoms with Gasteiger partial charge in [0.05, 0.1) is 17.1 Å². The summed E-state index contributed by atoms with van der Waals surface area (Å²) in [5, 5.41) is 2.94. The number of benzene rings is 1. The maximum atomic E-state index is 12.2. The molecule has 0 amide bonds. The van der Waals surface area contributed by atoms with Gasteiger partial charge in [-0.1, -0.05) is 15.9 Å². The van der Waals surface area contributed by atoms with E-state index >= 15 is 0 Å². The molecule has 1 rings (SSSR count). The highest BCUT2D eigenvalue weighted by Gasteiger charge is 2.18. The van der Waals surface area contributed by atoms with Crippen LogP contribution in [-0.4, -0.2) is 40.6 Å². The fourth-order valence-corrected chi connectivity index (χ4v) is 3.32. The van der Waals surface area contributed by atoms with Gasteiger partial charge in [0.1, 0.15) is 0 Å². The van der Waals surface area contributed by atoms with Crippen molar-refractivity contribution in [2.45, 2.75) is 24.8 Å². The Morgan fingerprint density at radius 3 is 2.55 bits per heavy atom. The molecule has 22 heavy (non-hydrogen) atoms. The number of hydrogen-bond acceptors (Lipinski definition) is 5. The summed E-state index contributed by atoms with van der Waals surface area (Å²) in [5.41, 5.74) is 0.188. The number of sulfonamides is 1. The van der Waals surface area contributed by atoms with Gasteiger partial charge in [-0.2, -0.15) is 0 Å². The van der Waals surface area contributed by atoms with Crippen LogP contribution in [0.1, 0.15) is 24.2 Å². The molecule has 0 aliphatic carbocycles. The summed E-state index contributed by atoms with van der Waals surface area (Å²) in [6.45, 7) is 4.02. The summed E-state index contributed by atoms with van der Waals surface area (Å²) in [5.74, 6) is -0.557. The van der Waals surface area contributed by atoms with E-state index < -0.39 is 16.0 Å². The largest absolute Gasteiger partial charge is 0.462 e. The van der Waals surface area contributed by atoms with E-state index in [0.717, 1.165) is 0 Å². The second-order valence-corrected chi connectivity index (χ2v) is 7.12. The van der Waals surface area contributed by atoms with Gasteiger partial charge in [-0.3, -0.25) is 0 Å². The summed E-state index contributed by atoms with van der Waals surface area (Å²) >= 11 is 3.21. The Morgan fingerprint density at radius 1 is 1.36 bits per heavy atom. The van der Waals surface area contributed by atoms with Crippen LogP contribution >= 0.6 is 28.3 Å². The van der Waals surface area contributed by atoms with Crippen LogP contribution in [0.4, 0.5) is 0 Å². The molecule has 0 aliphatic rings. The van der Waals surface area contributed by atoms with Crippen molar-refractivity contribution in [1.29, 1.82) is 0 Å². The van der Waals surface area contributed by atoms with Crippen LogP contribution in [0.2, 0.25) is 0 Å². The Balaban J connectivity index is 0.00000441. The van der Waals surface area contributed by atoms with Gasteiger partial charge in [0, 0.05) is 17.1 Å². The van der Waals surface area contributed by atoms with Crippen LogP contribution in [0, 0.1) is 0 Å². The lowest BCUT2D eigenvalue weighted by atomic mass is 10.2. The lowest BCUT2D eigenvalue weighted by molar-refractivity contribution is 0.0526. The number of nitrogens with one attached hydrogen (secondary N) is 2. The van der Waals surface area contributed by atoms with Crippen LogP contribution in [0.5, 0.6) is 0 Å². The minimum absolute atomic E-state index is 0. The summed E-state index contributed by atoms with van der Waals surface area (Å²) in [6, 6.07) is 4.26. The molecule has 0 saturated heterocycles. The first-order valence-corrected chi connectivity index (χ1v) is 8.72. The molecule has 9 heteroatoms. The maximum absolute atomic E-state index is 12.2. The molecule has 1 aromatic rings. The molecule has 0 spiro atoms. The predicted molar refractivity (Wildman–Crippen MR) is 91.1 cm³/mol. The fourth-order valence-electron chi connectivity index (χ4n) is 1.47. The van der Waals surface area contributed by atoms with E-state index in [0.29, 0.717) is 4.47 Å². The van der Waals surface area contributed by atoms with E-state index in [1.165, 1.54) is 18.2 Å². The Bertz CT molecular complexity index is 610. The number of likely N-dealkylation sites (N-methyl/N-ethyl adjacent to an activating group) is 1. The number of carbonyl (C=O) groups is 1. The molecule has 126 valence electrons. The second kappa shape index (κ2) is 9.46. The van der Waals surface area contributed by atoms with Crippen LogP contribution in [0.15, 0.2) is 27.6 Å². The molecular weight excluding hydrogens is 396 g/mol. The van der Waals surface area contributed by atoms with Gasteiger partial charge >= 0.3 is 5.97 Å². The third-order valence-electron chi connectivity index (χ3n) is 2.77. The highest BCUT2D eigenvalue weighted by molar-refractivity contribution is 9.10. The summed E-state index contributed by atoms with van der Waals surface area (Å²) < 4.78 is 32.3. The van der Waals surface area contributed by atoms with Gasteiger partial charge in [-0.25, -0.2) is 17.9 Å². The van der Waals surface area contributed by atoms with E-state index in [1.807, 2.05) is 6.92 Å². The van der Waals surface area contributed by atoms with E-state index in [1.54, 1.807) is 14.0 Å². The summed E-state index contributed by atoms with van der Waals surface area (Å²) in [7, 11) is -1.94. The van der Waals surface area contributed by atoms with E-state index in [2.05, 4.69) is 26.0 Å². The zero-order valence-corrected chi connectivity index (χ0v) is 15.8. The topological polar surface area (TPSA) is 84.5 Å². The number of halogens is 2. The fraction of sp³-hybridized carbons (Fsp3) is 0.462. The second-order valence-electron chi connectivity index (χ2n) is 4.44. The smallest absolute Gasteiger partial charge is 0.338 e. The van der Waals surface area contributed by atoms with Crippen molar-refractivity contribution in [3.05, 3.63) is 28.2 Å². The first kappa shape index (κ1) is 21.3. The van der Waals surface area contributed by atoms with Crippen molar-refractivity contribution >= 4 is 44.3 Å². The van der Waals surface area contributed by atoms with Gasteiger partial charge in [-0.05, 0) is 39.1 Å². The summed E-state index contributed by atoms with van der Waals surface area (Å²) in [4.78, 5) is 11.7. The minimum Gasteiger partial charge on any atom is -0.462 e. The molecule has 0 aromatic heterocycles. The van der Waals surface area contributed by atoms with Crippen LogP contribution < -0.4 is 10.0 Å². The van der Waals surface area contributed by atoms with E-state index in [9.17, 15) is 13.2 Å².